The Balaban J connectivity index is 1.69. The second-order valence-corrected chi connectivity index (χ2v) is 9.01. The number of benzene rings is 2. The van der Waals surface area contributed by atoms with Crippen molar-refractivity contribution in [1.82, 2.24) is 9.29 Å². The molecule has 6 heteroatoms. The van der Waals surface area contributed by atoms with Crippen LogP contribution in [0.1, 0.15) is 36.6 Å². The molecular weight excluding hydrogens is 380 g/mol. The second kappa shape index (κ2) is 8.30. The predicted octanol–water partition coefficient (Wildman–Crippen LogP) is 4.79. The van der Waals surface area contributed by atoms with Crippen molar-refractivity contribution in [3.8, 4) is 0 Å². The van der Waals surface area contributed by atoms with Crippen molar-refractivity contribution in [1.29, 1.82) is 0 Å². The van der Waals surface area contributed by atoms with Crippen LogP contribution < -0.4 is 4.72 Å². The topological polar surface area (TPSA) is 51.1 Å². The van der Waals surface area contributed by atoms with Gasteiger partial charge in [0.15, 0.2) is 0 Å². The molecule has 0 amide bonds. The molecule has 0 aliphatic carbocycles. The SMILES string of the molecule is CC(C)c1ccc(S(=O)(=O)NCc2cccn2Cc2ccc(Cl)cc2)cc1. The molecule has 4 nitrogen and oxygen atoms in total. The van der Waals surface area contributed by atoms with E-state index in [0.717, 1.165) is 16.8 Å². The second-order valence-electron chi connectivity index (χ2n) is 6.80. The third-order valence-electron chi connectivity index (χ3n) is 4.49. The van der Waals surface area contributed by atoms with Crippen molar-refractivity contribution >= 4 is 21.6 Å². The molecule has 0 spiro atoms. The average Bonchev–Trinajstić information content (AvgIpc) is 3.09. The Kier molecular flexibility index (Phi) is 6.05. The van der Waals surface area contributed by atoms with E-state index in [1.54, 1.807) is 12.1 Å². The van der Waals surface area contributed by atoms with E-state index in [4.69, 9.17) is 11.6 Å². The maximum atomic E-state index is 12.6. The van der Waals surface area contributed by atoms with E-state index in [0.29, 0.717) is 17.5 Å². The summed E-state index contributed by atoms with van der Waals surface area (Å²) < 4.78 is 29.9. The van der Waals surface area contributed by atoms with Crippen molar-refractivity contribution in [3.63, 3.8) is 0 Å². The van der Waals surface area contributed by atoms with Gasteiger partial charge in [0.1, 0.15) is 0 Å². The molecule has 0 radical (unpaired) electrons. The third kappa shape index (κ3) is 5.01. The molecule has 3 aromatic rings. The molecule has 0 bridgehead atoms. The fraction of sp³-hybridized carbons (Fsp3) is 0.238. The predicted molar refractivity (Wildman–Crippen MR) is 110 cm³/mol. The first-order valence-electron chi connectivity index (χ1n) is 8.83. The van der Waals surface area contributed by atoms with E-state index in [9.17, 15) is 8.42 Å². The summed E-state index contributed by atoms with van der Waals surface area (Å²) in [5, 5.41) is 0.697. The quantitative estimate of drug-likeness (QED) is 0.617. The van der Waals surface area contributed by atoms with Gasteiger partial charge in [-0.1, -0.05) is 49.7 Å². The lowest BCUT2D eigenvalue weighted by Crippen LogP contribution is -2.24. The van der Waals surface area contributed by atoms with Crippen molar-refractivity contribution < 1.29 is 8.42 Å². The number of nitrogens with zero attached hydrogens (tertiary/aromatic N) is 1. The standard InChI is InChI=1S/C21H23ClN2O2S/c1-16(2)18-7-11-21(12-8-18)27(25,26)23-14-20-4-3-13-24(20)15-17-5-9-19(22)10-6-17/h3-13,16,23H,14-15H2,1-2H3. The van der Waals surface area contributed by atoms with Gasteiger partial charge in [-0.3, -0.25) is 0 Å². The largest absolute Gasteiger partial charge is 0.346 e. The highest BCUT2D eigenvalue weighted by Crippen LogP contribution is 2.18. The van der Waals surface area contributed by atoms with Gasteiger partial charge in [-0.05, 0) is 53.4 Å². The summed E-state index contributed by atoms with van der Waals surface area (Å²) in [4.78, 5) is 0.280. The molecule has 27 heavy (non-hydrogen) atoms. The normalized spacial score (nSPS) is 11.9. The Labute approximate surface area is 165 Å². The molecule has 0 atom stereocenters. The highest BCUT2D eigenvalue weighted by atomic mass is 35.5. The summed E-state index contributed by atoms with van der Waals surface area (Å²) in [7, 11) is -3.55. The van der Waals surface area contributed by atoms with E-state index in [1.165, 1.54) is 0 Å². The van der Waals surface area contributed by atoms with Crippen LogP contribution in [0.5, 0.6) is 0 Å². The first-order valence-corrected chi connectivity index (χ1v) is 10.7. The highest BCUT2D eigenvalue weighted by molar-refractivity contribution is 7.89. The minimum atomic E-state index is -3.55. The fourth-order valence-corrected chi connectivity index (χ4v) is 3.96. The maximum Gasteiger partial charge on any atom is 0.240 e. The van der Waals surface area contributed by atoms with E-state index in [-0.39, 0.29) is 11.4 Å². The molecular formula is C21H23ClN2O2S. The molecule has 0 saturated heterocycles. The number of hydrogen-bond donors (Lipinski definition) is 1. The van der Waals surface area contributed by atoms with Crippen molar-refractivity contribution in [2.45, 2.75) is 37.8 Å². The summed E-state index contributed by atoms with van der Waals surface area (Å²) in [5.41, 5.74) is 3.11. The summed E-state index contributed by atoms with van der Waals surface area (Å²) in [5.74, 6) is 0.367. The molecule has 0 aliphatic heterocycles. The third-order valence-corrected chi connectivity index (χ3v) is 6.16. The van der Waals surface area contributed by atoms with Crippen LogP contribution in [0.3, 0.4) is 0 Å². The molecule has 0 saturated carbocycles. The minimum Gasteiger partial charge on any atom is -0.346 e. The van der Waals surface area contributed by atoms with Crippen LogP contribution in [0.4, 0.5) is 0 Å². The molecule has 0 aliphatic rings. The Bertz CT molecular complexity index is 991. The van der Waals surface area contributed by atoms with Crippen molar-refractivity contribution in [3.05, 3.63) is 88.7 Å². The van der Waals surface area contributed by atoms with Crippen molar-refractivity contribution in [2.75, 3.05) is 0 Å². The molecule has 2 aromatic carbocycles. The van der Waals surface area contributed by atoms with Crippen LogP contribution in [0.2, 0.25) is 5.02 Å². The molecule has 1 heterocycles. The van der Waals surface area contributed by atoms with Gasteiger partial charge < -0.3 is 4.57 Å². The molecule has 0 unspecified atom stereocenters. The van der Waals surface area contributed by atoms with E-state index < -0.39 is 10.0 Å². The van der Waals surface area contributed by atoms with Crippen LogP contribution in [0.25, 0.3) is 0 Å². The van der Waals surface area contributed by atoms with Gasteiger partial charge in [-0.25, -0.2) is 13.1 Å². The number of sulfonamides is 1. The fourth-order valence-electron chi connectivity index (χ4n) is 2.83. The van der Waals surface area contributed by atoms with E-state index in [2.05, 4.69) is 18.6 Å². The zero-order valence-corrected chi connectivity index (χ0v) is 17.0. The van der Waals surface area contributed by atoms with Gasteiger partial charge in [0, 0.05) is 23.5 Å². The van der Waals surface area contributed by atoms with Crippen LogP contribution in [-0.2, 0) is 23.1 Å². The monoisotopic (exact) mass is 402 g/mol. The zero-order valence-electron chi connectivity index (χ0n) is 15.4. The Morgan fingerprint density at radius 2 is 1.67 bits per heavy atom. The molecule has 0 fully saturated rings. The van der Waals surface area contributed by atoms with Gasteiger partial charge in [-0.15, -0.1) is 0 Å². The summed E-state index contributed by atoms with van der Waals surface area (Å²) in [6, 6.07) is 18.5. The Hall–Kier alpha value is -2.08. The van der Waals surface area contributed by atoms with Crippen LogP contribution >= 0.6 is 11.6 Å². The van der Waals surface area contributed by atoms with Gasteiger partial charge in [0.25, 0.3) is 0 Å². The Morgan fingerprint density at radius 3 is 2.30 bits per heavy atom. The number of aromatic nitrogens is 1. The van der Waals surface area contributed by atoms with Gasteiger partial charge in [0.05, 0.1) is 11.4 Å². The lowest BCUT2D eigenvalue weighted by molar-refractivity contribution is 0.578. The first kappa shape index (κ1) is 19.7. The summed E-state index contributed by atoms with van der Waals surface area (Å²) in [6.45, 7) is 5.05. The summed E-state index contributed by atoms with van der Waals surface area (Å²) >= 11 is 5.93. The molecule has 1 aromatic heterocycles. The zero-order chi connectivity index (χ0) is 19.4. The van der Waals surface area contributed by atoms with Gasteiger partial charge in [-0.2, -0.15) is 0 Å². The smallest absolute Gasteiger partial charge is 0.240 e. The van der Waals surface area contributed by atoms with Crippen LogP contribution in [-0.4, -0.2) is 13.0 Å². The lowest BCUT2D eigenvalue weighted by Gasteiger charge is -2.12. The highest BCUT2D eigenvalue weighted by Gasteiger charge is 2.15. The van der Waals surface area contributed by atoms with Gasteiger partial charge in [0.2, 0.25) is 10.0 Å². The molecule has 1 N–H and O–H groups in total. The molecule has 142 valence electrons. The molecule has 3 rings (SSSR count). The van der Waals surface area contributed by atoms with Crippen molar-refractivity contribution in [2.24, 2.45) is 0 Å². The number of halogens is 1. The average molecular weight is 403 g/mol. The van der Waals surface area contributed by atoms with Crippen LogP contribution in [0, 0.1) is 0 Å². The summed E-state index contributed by atoms with van der Waals surface area (Å²) in [6.07, 6.45) is 1.94. The van der Waals surface area contributed by atoms with Gasteiger partial charge >= 0.3 is 0 Å². The maximum absolute atomic E-state index is 12.6. The first-order chi connectivity index (χ1) is 12.8. The number of hydrogen-bond acceptors (Lipinski definition) is 2. The lowest BCUT2D eigenvalue weighted by atomic mass is 10.0. The van der Waals surface area contributed by atoms with Crippen LogP contribution in [0.15, 0.2) is 71.8 Å². The number of rotatable bonds is 7. The van der Waals surface area contributed by atoms with E-state index >= 15 is 0 Å². The minimum absolute atomic E-state index is 0.231. The Morgan fingerprint density at radius 1 is 1.00 bits per heavy atom. The van der Waals surface area contributed by atoms with E-state index in [1.807, 2.05) is 59.3 Å². The number of nitrogens with one attached hydrogen (secondary N) is 1.